The maximum absolute atomic E-state index is 12.9. The number of carbonyl (C=O) groups is 2. The van der Waals surface area contributed by atoms with Crippen molar-refractivity contribution in [3.05, 3.63) is 125 Å². The number of methoxy groups -OCH3 is 1. The van der Waals surface area contributed by atoms with E-state index < -0.39 is 23.8 Å². The second kappa shape index (κ2) is 17.9. The Morgan fingerprint density at radius 3 is 2.30 bits per heavy atom. The number of halogens is 3. The van der Waals surface area contributed by atoms with Gasteiger partial charge in [-0.2, -0.15) is 18.3 Å². The maximum Gasteiger partial charge on any atom is 0.416 e. The predicted octanol–water partition coefficient (Wildman–Crippen LogP) is 7.35. The van der Waals surface area contributed by atoms with Gasteiger partial charge < -0.3 is 19.5 Å². The lowest BCUT2D eigenvalue weighted by Gasteiger charge is -2.11. The van der Waals surface area contributed by atoms with Crippen molar-refractivity contribution < 1.29 is 37.0 Å². The summed E-state index contributed by atoms with van der Waals surface area (Å²) in [5, 5.41) is 11.4. The zero-order valence-electron chi connectivity index (χ0n) is 28.8. The summed E-state index contributed by atoms with van der Waals surface area (Å²) in [6.45, 7) is 3.47. The summed E-state index contributed by atoms with van der Waals surface area (Å²) in [7, 11) is 1.58. The fourth-order valence-corrected chi connectivity index (χ4v) is 5.30. The highest BCUT2D eigenvalue weighted by atomic mass is 32.2. The number of ether oxygens (including phenoxy) is 3. The largest absolute Gasteiger partial charge is 0.497 e. The number of nitrogens with zero attached hydrogens (tertiary/aromatic N) is 5. The number of hydrazone groups is 1. The average Bonchev–Trinajstić information content (AvgIpc) is 3.65. The Morgan fingerprint density at radius 1 is 0.943 bits per heavy atom. The van der Waals surface area contributed by atoms with E-state index in [1.165, 1.54) is 23.1 Å². The third-order valence-corrected chi connectivity index (χ3v) is 8.10. The molecule has 0 atom stereocenters. The van der Waals surface area contributed by atoms with E-state index in [4.69, 9.17) is 19.2 Å². The number of aromatic nitrogens is 3. The van der Waals surface area contributed by atoms with Gasteiger partial charge in [-0.1, -0.05) is 54.6 Å². The van der Waals surface area contributed by atoms with Crippen molar-refractivity contribution >= 4 is 40.9 Å². The van der Waals surface area contributed by atoms with E-state index in [0.717, 1.165) is 46.1 Å². The van der Waals surface area contributed by atoms with Crippen molar-refractivity contribution in [3.8, 4) is 22.8 Å². The molecule has 0 unspecified atom stereocenters. The number of rotatable bonds is 12. The maximum atomic E-state index is 12.9. The molecule has 0 aliphatic heterocycles. The Labute approximate surface area is 307 Å². The van der Waals surface area contributed by atoms with Crippen LogP contribution in [0.4, 0.5) is 23.7 Å². The van der Waals surface area contributed by atoms with Crippen LogP contribution in [0.15, 0.2) is 107 Å². The normalized spacial score (nSPS) is 11.7. The smallest absolute Gasteiger partial charge is 0.416 e. The van der Waals surface area contributed by atoms with Crippen LogP contribution in [0.25, 0.3) is 17.1 Å². The van der Waals surface area contributed by atoms with E-state index in [1.807, 2.05) is 56.3 Å². The number of esters is 1. The van der Waals surface area contributed by atoms with Crippen LogP contribution in [0, 0.1) is 13.8 Å². The molecule has 2 N–H and O–H groups in total. The molecule has 0 saturated carbocycles. The van der Waals surface area contributed by atoms with Crippen molar-refractivity contribution in [3.63, 3.8) is 0 Å². The standard InChI is InChI=1S/C37H34F3N7O5S/c1-24-17-31(50-3)18-25(2)33(24)44-35(53-23-52-32(48)20-41-36(49)51-21-27-7-5-4-6-8-27)45-43-19-26-9-11-28(12-10-26)34-42-22-47(46-34)30-15-13-29(14-16-30)37(38,39)40/h4-19,22H,20-21,23H2,1-3H3,(H,41,49)(H,44,45)/b43-19+. The summed E-state index contributed by atoms with van der Waals surface area (Å²) in [5.74, 6) is 0.271. The highest BCUT2D eigenvalue weighted by Gasteiger charge is 2.30. The number of amidine groups is 1. The van der Waals surface area contributed by atoms with Crippen molar-refractivity contribution in [2.45, 2.75) is 26.6 Å². The summed E-state index contributed by atoms with van der Waals surface area (Å²) >= 11 is 1.08. The molecule has 0 aliphatic carbocycles. The Hall–Kier alpha value is -6.16. The van der Waals surface area contributed by atoms with Gasteiger partial charge in [0.2, 0.25) is 0 Å². The van der Waals surface area contributed by atoms with Gasteiger partial charge >= 0.3 is 18.2 Å². The number of amides is 1. The van der Waals surface area contributed by atoms with Gasteiger partial charge in [-0.05, 0) is 84.3 Å². The lowest BCUT2D eigenvalue weighted by Crippen LogP contribution is -2.31. The first-order valence-corrected chi connectivity index (χ1v) is 16.9. The minimum absolute atomic E-state index is 0.0647. The van der Waals surface area contributed by atoms with Crippen LogP contribution in [0.5, 0.6) is 5.75 Å². The summed E-state index contributed by atoms with van der Waals surface area (Å²) in [4.78, 5) is 33.3. The van der Waals surface area contributed by atoms with Crippen LogP contribution in [-0.4, -0.2) is 57.8 Å². The van der Waals surface area contributed by atoms with E-state index >= 15 is 0 Å². The second-order valence-corrected chi connectivity index (χ2v) is 12.2. The Balaban J connectivity index is 1.19. The molecule has 1 heterocycles. The zero-order chi connectivity index (χ0) is 37.8. The number of carbonyl (C=O) groups excluding carboxylic acids is 2. The molecule has 0 spiro atoms. The van der Waals surface area contributed by atoms with Crippen LogP contribution in [0.2, 0.25) is 0 Å². The minimum Gasteiger partial charge on any atom is -0.497 e. The molecule has 5 aromatic rings. The SMILES string of the molecule is COc1cc(C)c(/N=C(\N/N=C/c2ccc(-c3ncn(-c4ccc(C(F)(F)F)cc4)n3)cc2)SCOC(=O)CNC(=O)OCc2ccccc2)c(C)c1. The number of aliphatic imine (C=N–C) groups is 1. The van der Waals surface area contributed by atoms with Crippen molar-refractivity contribution in [2.24, 2.45) is 10.1 Å². The third-order valence-electron chi connectivity index (χ3n) is 7.41. The monoisotopic (exact) mass is 745 g/mol. The van der Waals surface area contributed by atoms with Gasteiger partial charge in [-0.25, -0.2) is 19.5 Å². The fraction of sp³-hybridized carbons (Fsp3) is 0.189. The van der Waals surface area contributed by atoms with E-state index in [1.54, 1.807) is 37.6 Å². The topological polar surface area (TPSA) is 141 Å². The predicted molar refractivity (Wildman–Crippen MR) is 195 cm³/mol. The number of alkyl halides is 3. The third kappa shape index (κ3) is 11.2. The van der Waals surface area contributed by atoms with E-state index in [0.29, 0.717) is 33.7 Å². The van der Waals surface area contributed by atoms with Gasteiger partial charge in [0, 0.05) is 5.56 Å². The summed E-state index contributed by atoms with van der Waals surface area (Å²) in [5.41, 5.74) is 7.20. The molecule has 16 heteroatoms. The quantitative estimate of drug-likeness (QED) is 0.0441. The molecule has 1 amide bonds. The molecular formula is C37H34F3N7O5S. The molecule has 0 aliphatic rings. The van der Waals surface area contributed by atoms with Gasteiger partial charge in [-0.3, -0.25) is 10.2 Å². The Bertz CT molecular complexity index is 2050. The summed E-state index contributed by atoms with van der Waals surface area (Å²) < 4.78 is 55.9. The first-order valence-electron chi connectivity index (χ1n) is 15.9. The van der Waals surface area contributed by atoms with Crippen LogP contribution in [-0.2, 0) is 27.1 Å². The van der Waals surface area contributed by atoms with Gasteiger partial charge in [0.1, 0.15) is 31.2 Å². The number of alkyl carbamates (subject to hydrolysis) is 1. The van der Waals surface area contributed by atoms with Gasteiger partial charge in [0.05, 0.1) is 30.3 Å². The molecule has 5 rings (SSSR count). The van der Waals surface area contributed by atoms with Crippen LogP contribution >= 0.6 is 11.8 Å². The molecule has 0 radical (unpaired) electrons. The van der Waals surface area contributed by atoms with Gasteiger partial charge in [0.15, 0.2) is 11.0 Å². The highest BCUT2D eigenvalue weighted by Crippen LogP contribution is 2.31. The number of hydrogen-bond acceptors (Lipinski definition) is 10. The molecule has 0 bridgehead atoms. The van der Waals surface area contributed by atoms with Gasteiger partial charge in [0.25, 0.3) is 0 Å². The molecule has 4 aromatic carbocycles. The highest BCUT2D eigenvalue weighted by molar-refractivity contribution is 8.13. The number of thioether (sulfide) groups is 1. The lowest BCUT2D eigenvalue weighted by atomic mass is 10.1. The molecule has 53 heavy (non-hydrogen) atoms. The lowest BCUT2D eigenvalue weighted by molar-refractivity contribution is -0.140. The molecule has 12 nitrogen and oxygen atoms in total. The van der Waals surface area contributed by atoms with Gasteiger partial charge in [-0.15, -0.1) is 5.10 Å². The molecular weight excluding hydrogens is 712 g/mol. The zero-order valence-corrected chi connectivity index (χ0v) is 29.6. The number of benzene rings is 4. The molecule has 274 valence electrons. The average molecular weight is 746 g/mol. The van der Waals surface area contributed by atoms with Crippen LogP contribution in [0.3, 0.4) is 0 Å². The Kier molecular flexibility index (Phi) is 12.8. The molecule has 1 aromatic heterocycles. The number of nitrogens with one attached hydrogen (secondary N) is 2. The van der Waals surface area contributed by atoms with Crippen molar-refractivity contribution in [2.75, 3.05) is 19.6 Å². The van der Waals surface area contributed by atoms with Crippen molar-refractivity contribution in [1.29, 1.82) is 0 Å². The number of hydrogen-bond donors (Lipinski definition) is 2. The fourth-order valence-electron chi connectivity index (χ4n) is 4.73. The molecule has 0 fully saturated rings. The van der Waals surface area contributed by atoms with Crippen molar-refractivity contribution in [1.82, 2.24) is 25.5 Å². The second-order valence-electron chi connectivity index (χ2n) is 11.3. The summed E-state index contributed by atoms with van der Waals surface area (Å²) in [6, 6.07) is 24.6. The first kappa shape index (κ1) is 38.1. The van der Waals surface area contributed by atoms with E-state index in [9.17, 15) is 22.8 Å². The van der Waals surface area contributed by atoms with E-state index in [2.05, 4.69) is 25.9 Å². The Morgan fingerprint density at radius 2 is 1.64 bits per heavy atom. The van der Waals surface area contributed by atoms with Crippen LogP contribution in [0.1, 0.15) is 27.8 Å². The first-order chi connectivity index (χ1) is 25.5. The summed E-state index contributed by atoms with van der Waals surface area (Å²) in [6.07, 6.45) is -2.18. The molecule has 0 saturated heterocycles. The van der Waals surface area contributed by atoms with E-state index in [-0.39, 0.29) is 19.1 Å². The van der Waals surface area contributed by atoms with Crippen LogP contribution < -0.4 is 15.5 Å². The number of aryl methyl sites for hydroxylation is 2. The minimum atomic E-state index is -4.43.